The van der Waals surface area contributed by atoms with Gasteiger partial charge in [0.05, 0.1) is 11.8 Å². The Morgan fingerprint density at radius 2 is 1.94 bits per heavy atom. The number of aromatic nitrogens is 2. The van der Waals surface area contributed by atoms with Crippen LogP contribution in [0.15, 0.2) is 48.5 Å². The zero-order valence-electron chi connectivity index (χ0n) is 17.0. The molecule has 8 nitrogen and oxygen atoms in total. The number of para-hydroxylation sites is 1. The van der Waals surface area contributed by atoms with Crippen molar-refractivity contribution in [2.24, 2.45) is 0 Å². The molecule has 4 rings (SSSR count). The van der Waals surface area contributed by atoms with Crippen LogP contribution in [0.1, 0.15) is 38.0 Å². The van der Waals surface area contributed by atoms with E-state index in [2.05, 4.69) is 20.8 Å². The van der Waals surface area contributed by atoms with Crippen LogP contribution in [-0.4, -0.2) is 41.3 Å². The molecule has 0 saturated carbocycles. The lowest BCUT2D eigenvalue weighted by Crippen LogP contribution is -2.31. The van der Waals surface area contributed by atoms with Gasteiger partial charge in [-0.05, 0) is 49.2 Å². The van der Waals surface area contributed by atoms with Gasteiger partial charge >= 0.3 is 0 Å². The molecule has 3 aromatic rings. The van der Waals surface area contributed by atoms with Crippen LogP contribution in [-0.2, 0) is 11.3 Å². The van der Waals surface area contributed by atoms with Gasteiger partial charge < -0.3 is 20.1 Å². The van der Waals surface area contributed by atoms with Gasteiger partial charge in [0.1, 0.15) is 18.2 Å². The second-order valence-electron chi connectivity index (χ2n) is 7.09. The van der Waals surface area contributed by atoms with Gasteiger partial charge in [-0.15, -0.1) is 10.2 Å². The first-order valence-electron chi connectivity index (χ1n) is 10.1. The Kier molecular flexibility index (Phi) is 7.03. The zero-order chi connectivity index (χ0) is 22.3. The Labute approximate surface area is 187 Å². The molecule has 2 heterocycles. The van der Waals surface area contributed by atoms with Crippen LogP contribution in [0.5, 0.6) is 5.75 Å². The van der Waals surface area contributed by atoms with E-state index in [1.54, 1.807) is 30.3 Å². The Hall–Kier alpha value is -3.37. The lowest BCUT2D eigenvalue weighted by Gasteiger charge is -2.11. The molecule has 1 aliphatic heterocycles. The molecule has 1 aliphatic rings. The second kappa shape index (κ2) is 10.3. The molecule has 2 aromatic carbocycles. The third-order valence-electron chi connectivity index (χ3n) is 4.78. The average molecular weight is 456 g/mol. The summed E-state index contributed by atoms with van der Waals surface area (Å²) >= 11 is 1.05. The van der Waals surface area contributed by atoms with Crippen molar-refractivity contribution in [2.45, 2.75) is 25.6 Å². The zero-order valence-corrected chi connectivity index (χ0v) is 17.9. The van der Waals surface area contributed by atoms with Crippen LogP contribution in [0.25, 0.3) is 0 Å². The molecule has 2 amide bonds. The van der Waals surface area contributed by atoms with Crippen molar-refractivity contribution in [3.05, 3.63) is 69.9 Å². The van der Waals surface area contributed by atoms with E-state index >= 15 is 0 Å². The minimum absolute atomic E-state index is 0.0744. The quantitative estimate of drug-likeness (QED) is 0.539. The standard InChI is InChI=1S/C22H21FN4O4S/c23-17-5-1-2-6-18(17)25-21(29)22-27-26-19(32-22)13-31-15-9-7-14(8-10-15)20(28)24-12-16-4-3-11-30-16/h1-2,5-10,16H,3-4,11-13H2,(H,24,28)(H,25,29). The van der Waals surface area contributed by atoms with Crippen LogP contribution >= 0.6 is 11.3 Å². The van der Waals surface area contributed by atoms with Gasteiger partial charge in [0.2, 0.25) is 5.01 Å². The normalized spacial score (nSPS) is 15.3. The molecule has 1 saturated heterocycles. The van der Waals surface area contributed by atoms with Gasteiger partial charge in [-0.3, -0.25) is 9.59 Å². The summed E-state index contributed by atoms with van der Waals surface area (Å²) in [7, 11) is 0. The molecule has 166 valence electrons. The van der Waals surface area contributed by atoms with Crippen molar-refractivity contribution >= 4 is 28.8 Å². The van der Waals surface area contributed by atoms with Crippen molar-refractivity contribution < 1.29 is 23.5 Å². The number of benzene rings is 2. The van der Waals surface area contributed by atoms with Gasteiger partial charge in [-0.25, -0.2) is 4.39 Å². The molecule has 1 fully saturated rings. The Balaban J connectivity index is 1.26. The number of rotatable bonds is 8. The first kappa shape index (κ1) is 21.8. The average Bonchev–Trinajstić information content (AvgIpc) is 3.50. The summed E-state index contributed by atoms with van der Waals surface area (Å²) in [5.74, 6) is -0.690. The lowest BCUT2D eigenvalue weighted by atomic mass is 10.2. The van der Waals surface area contributed by atoms with Crippen molar-refractivity contribution in [2.75, 3.05) is 18.5 Å². The van der Waals surface area contributed by atoms with Crippen molar-refractivity contribution in [3.63, 3.8) is 0 Å². The number of nitrogens with one attached hydrogen (secondary N) is 2. The van der Waals surface area contributed by atoms with Crippen molar-refractivity contribution in [3.8, 4) is 5.75 Å². The first-order chi connectivity index (χ1) is 15.6. The van der Waals surface area contributed by atoms with E-state index in [1.165, 1.54) is 18.2 Å². The van der Waals surface area contributed by atoms with Crippen molar-refractivity contribution in [1.29, 1.82) is 0 Å². The van der Waals surface area contributed by atoms with Crippen LogP contribution in [0, 0.1) is 5.82 Å². The predicted octanol–water partition coefficient (Wildman–Crippen LogP) is 3.42. The molecular weight excluding hydrogens is 435 g/mol. The number of anilines is 1. The highest BCUT2D eigenvalue weighted by Crippen LogP contribution is 2.19. The Morgan fingerprint density at radius 1 is 1.12 bits per heavy atom. The summed E-state index contributed by atoms with van der Waals surface area (Å²) in [5, 5.41) is 13.7. The maximum Gasteiger partial charge on any atom is 0.286 e. The SMILES string of the molecule is O=C(NCC1CCCO1)c1ccc(OCc2nnc(C(=O)Nc3ccccc3F)s2)cc1. The van der Waals surface area contributed by atoms with E-state index in [9.17, 15) is 14.0 Å². The Bertz CT molecular complexity index is 1080. The van der Waals surface area contributed by atoms with Crippen molar-refractivity contribution in [1.82, 2.24) is 15.5 Å². The second-order valence-corrected chi connectivity index (χ2v) is 8.16. The fraction of sp³-hybridized carbons (Fsp3) is 0.273. The van der Waals surface area contributed by atoms with E-state index in [4.69, 9.17) is 9.47 Å². The third kappa shape index (κ3) is 5.65. The largest absolute Gasteiger partial charge is 0.486 e. The van der Waals surface area contributed by atoms with Gasteiger partial charge in [0.15, 0.2) is 5.01 Å². The predicted molar refractivity (Wildman–Crippen MR) is 116 cm³/mol. The molecular formula is C22H21FN4O4S. The van der Waals surface area contributed by atoms with Gasteiger partial charge in [0, 0.05) is 18.7 Å². The maximum atomic E-state index is 13.7. The minimum atomic E-state index is -0.544. The van der Waals surface area contributed by atoms with E-state index in [1.807, 2.05) is 0 Å². The Morgan fingerprint density at radius 3 is 2.69 bits per heavy atom. The number of nitrogens with zero attached hydrogens (tertiary/aromatic N) is 2. The lowest BCUT2D eigenvalue weighted by molar-refractivity contribution is 0.0857. The molecule has 2 N–H and O–H groups in total. The summed E-state index contributed by atoms with van der Waals surface area (Å²) in [6, 6.07) is 12.6. The highest BCUT2D eigenvalue weighted by molar-refractivity contribution is 7.13. The number of hydrogen-bond donors (Lipinski definition) is 2. The molecule has 0 spiro atoms. The maximum absolute atomic E-state index is 13.7. The van der Waals surface area contributed by atoms with Gasteiger partial charge in [-0.2, -0.15) is 0 Å². The molecule has 1 atom stereocenters. The highest BCUT2D eigenvalue weighted by Gasteiger charge is 2.17. The number of halogens is 1. The molecule has 0 aliphatic carbocycles. The topological polar surface area (TPSA) is 102 Å². The van der Waals surface area contributed by atoms with Gasteiger partial charge in [-0.1, -0.05) is 23.5 Å². The smallest absolute Gasteiger partial charge is 0.286 e. The summed E-state index contributed by atoms with van der Waals surface area (Å²) in [5.41, 5.74) is 0.601. The summed E-state index contributed by atoms with van der Waals surface area (Å²) in [6.45, 7) is 1.36. The third-order valence-corrected chi connectivity index (χ3v) is 5.67. The minimum Gasteiger partial charge on any atom is -0.486 e. The summed E-state index contributed by atoms with van der Waals surface area (Å²) in [6.07, 6.45) is 2.08. The fourth-order valence-electron chi connectivity index (χ4n) is 3.10. The summed E-state index contributed by atoms with van der Waals surface area (Å²) < 4.78 is 24.8. The van der Waals surface area contributed by atoms with Crippen LogP contribution < -0.4 is 15.4 Å². The van der Waals surface area contributed by atoms with Crippen LogP contribution in [0.4, 0.5) is 10.1 Å². The molecule has 0 bridgehead atoms. The number of hydrogen-bond acceptors (Lipinski definition) is 7. The fourth-order valence-corrected chi connectivity index (χ4v) is 3.75. The molecule has 1 unspecified atom stereocenters. The number of carbonyl (C=O) groups is 2. The molecule has 10 heteroatoms. The number of amides is 2. The van der Waals surface area contributed by atoms with E-state index < -0.39 is 11.7 Å². The van der Waals surface area contributed by atoms with Crippen LogP contribution in [0.2, 0.25) is 0 Å². The van der Waals surface area contributed by atoms with Crippen LogP contribution in [0.3, 0.4) is 0 Å². The first-order valence-corrected chi connectivity index (χ1v) is 10.9. The number of ether oxygens (including phenoxy) is 2. The number of carbonyl (C=O) groups excluding carboxylic acids is 2. The monoisotopic (exact) mass is 456 g/mol. The molecule has 0 radical (unpaired) electrons. The molecule has 1 aromatic heterocycles. The highest BCUT2D eigenvalue weighted by atomic mass is 32.1. The van der Waals surface area contributed by atoms with E-state index in [-0.39, 0.29) is 29.3 Å². The summed E-state index contributed by atoms with van der Waals surface area (Å²) in [4.78, 5) is 24.5. The van der Waals surface area contributed by atoms with Gasteiger partial charge in [0.25, 0.3) is 11.8 Å². The van der Waals surface area contributed by atoms with E-state index in [0.717, 1.165) is 30.8 Å². The van der Waals surface area contributed by atoms with E-state index in [0.29, 0.717) is 22.9 Å². The molecule has 32 heavy (non-hydrogen) atoms.